The van der Waals surface area contributed by atoms with E-state index in [1.807, 2.05) is 19.1 Å². The first-order valence-electron chi connectivity index (χ1n) is 5.27. The molecule has 4 heteroatoms. The minimum atomic E-state index is 0.160. The molecule has 0 amide bonds. The Hall–Kier alpha value is -1.73. The van der Waals surface area contributed by atoms with E-state index in [0.29, 0.717) is 18.7 Å². The zero-order valence-corrected chi connectivity index (χ0v) is 9.40. The summed E-state index contributed by atoms with van der Waals surface area (Å²) in [4.78, 5) is 0. The van der Waals surface area contributed by atoms with E-state index < -0.39 is 0 Å². The third-order valence-corrected chi connectivity index (χ3v) is 2.38. The molecule has 0 bridgehead atoms. The van der Waals surface area contributed by atoms with Crippen LogP contribution in [0.5, 0.6) is 0 Å². The van der Waals surface area contributed by atoms with Gasteiger partial charge < -0.3 is 16.2 Å². The number of nitrogens with zero attached hydrogens (tertiary/aromatic N) is 1. The third kappa shape index (κ3) is 3.44. The number of aliphatic hydroxyl groups is 1. The standard InChI is InChI=1S/C12H17N3O/c1-9(8-16)7-15-11-2-3-12(14)10(6-11)4-5-13/h2-3,6,9,15-16H,4,7-8,14H2,1H3. The molecule has 1 aromatic rings. The molecule has 1 rings (SSSR count). The van der Waals surface area contributed by atoms with Crippen LogP contribution in [0, 0.1) is 17.2 Å². The van der Waals surface area contributed by atoms with E-state index >= 15 is 0 Å². The Bertz CT molecular complexity index is 384. The number of benzene rings is 1. The molecule has 0 spiro atoms. The van der Waals surface area contributed by atoms with Crippen LogP contribution in [-0.4, -0.2) is 18.3 Å². The second kappa shape index (κ2) is 5.99. The van der Waals surface area contributed by atoms with Crippen molar-refractivity contribution in [2.45, 2.75) is 13.3 Å². The van der Waals surface area contributed by atoms with Gasteiger partial charge in [0.05, 0.1) is 12.5 Å². The van der Waals surface area contributed by atoms with Crippen LogP contribution in [0.25, 0.3) is 0 Å². The lowest BCUT2D eigenvalue weighted by Crippen LogP contribution is -2.14. The molecule has 1 atom stereocenters. The molecule has 4 N–H and O–H groups in total. The van der Waals surface area contributed by atoms with Gasteiger partial charge in [-0.3, -0.25) is 0 Å². The predicted octanol–water partition coefficient (Wildman–Crippen LogP) is 1.38. The molecule has 0 saturated heterocycles. The highest BCUT2D eigenvalue weighted by atomic mass is 16.3. The molecular formula is C12H17N3O. The van der Waals surface area contributed by atoms with Gasteiger partial charge in [-0.25, -0.2) is 0 Å². The number of nitrogen functional groups attached to an aromatic ring is 1. The summed E-state index contributed by atoms with van der Waals surface area (Å²) < 4.78 is 0. The normalized spacial score (nSPS) is 11.8. The number of hydrogen-bond acceptors (Lipinski definition) is 4. The van der Waals surface area contributed by atoms with Gasteiger partial charge in [0.25, 0.3) is 0 Å². The average Bonchev–Trinajstić information content (AvgIpc) is 2.30. The van der Waals surface area contributed by atoms with Gasteiger partial charge in [-0.1, -0.05) is 6.92 Å². The fourth-order valence-electron chi connectivity index (χ4n) is 1.31. The molecule has 0 aliphatic carbocycles. The number of aliphatic hydroxyl groups excluding tert-OH is 1. The largest absolute Gasteiger partial charge is 0.398 e. The zero-order valence-electron chi connectivity index (χ0n) is 9.40. The highest BCUT2D eigenvalue weighted by Gasteiger charge is 2.02. The fraction of sp³-hybridized carbons (Fsp3) is 0.417. The highest BCUT2D eigenvalue weighted by Crippen LogP contribution is 2.18. The predicted molar refractivity (Wildman–Crippen MR) is 64.9 cm³/mol. The Labute approximate surface area is 95.7 Å². The molecule has 16 heavy (non-hydrogen) atoms. The Morgan fingerprint density at radius 3 is 2.94 bits per heavy atom. The van der Waals surface area contributed by atoms with E-state index in [9.17, 15) is 0 Å². The summed E-state index contributed by atoms with van der Waals surface area (Å²) in [6.07, 6.45) is 0.316. The third-order valence-electron chi connectivity index (χ3n) is 2.38. The van der Waals surface area contributed by atoms with Crippen molar-refractivity contribution < 1.29 is 5.11 Å². The van der Waals surface area contributed by atoms with Gasteiger partial charge in [0, 0.05) is 24.5 Å². The van der Waals surface area contributed by atoms with Crippen molar-refractivity contribution in [3.05, 3.63) is 23.8 Å². The van der Waals surface area contributed by atoms with Crippen molar-refractivity contribution in [1.29, 1.82) is 5.26 Å². The quantitative estimate of drug-likeness (QED) is 0.653. The molecule has 0 saturated carbocycles. The van der Waals surface area contributed by atoms with Gasteiger partial charge in [-0.05, 0) is 29.7 Å². The van der Waals surface area contributed by atoms with Crippen molar-refractivity contribution in [2.24, 2.45) is 5.92 Å². The van der Waals surface area contributed by atoms with E-state index in [2.05, 4.69) is 11.4 Å². The number of rotatable bonds is 5. The Morgan fingerprint density at radius 1 is 1.56 bits per heavy atom. The van der Waals surface area contributed by atoms with Crippen molar-refractivity contribution >= 4 is 11.4 Å². The summed E-state index contributed by atoms with van der Waals surface area (Å²) >= 11 is 0. The minimum absolute atomic E-state index is 0.160. The van der Waals surface area contributed by atoms with E-state index in [1.165, 1.54) is 0 Å². The number of anilines is 2. The molecule has 0 fully saturated rings. The van der Waals surface area contributed by atoms with Gasteiger partial charge in [0.15, 0.2) is 0 Å². The fourth-order valence-corrected chi connectivity index (χ4v) is 1.31. The summed E-state index contributed by atoms with van der Waals surface area (Å²) in [6.45, 7) is 2.82. The lowest BCUT2D eigenvalue weighted by molar-refractivity contribution is 0.244. The van der Waals surface area contributed by atoms with Crippen molar-refractivity contribution in [1.82, 2.24) is 0 Å². The molecule has 0 radical (unpaired) electrons. The van der Waals surface area contributed by atoms with Crippen molar-refractivity contribution in [2.75, 3.05) is 24.2 Å². The summed E-state index contributed by atoms with van der Waals surface area (Å²) in [7, 11) is 0. The SMILES string of the molecule is CC(CO)CNc1ccc(N)c(CC#N)c1. The molecule has 86 valence electrons. The number of hydrogen-bond donors (Lipinski definition) is 3. The minimum Gasteiger partial charge on any atom is -0.398 e. The zero-order chi connectivity index (χ0) is 12.0. The van der Waals surface area contributed by atoms with Crippen LogP contribution in [0.15, 0.2) is 18.2 Å². The molecule has 0 aliphatic rings. The van der Waals surface area contributed by atoms with Crippen LogP contribution in [0.3, 0.4) is 0 Å². The Kier molecular flexibility index (Phi) is 4.62. The van der Waals surface area contributed by atoms with Gasteiger partial charge in [-0.2, -0.15) is 5.26 Å². The number of nitriles is 1. The van der Waals surface area contributed by atoms with Crippen molar-refractivity contribution in [3.8, 4) is 6.07 Å². The van der Waals surface area contributed by atoms with Crippen LogP contribution in [0.2, 0.25) is 0 Å². The maximum atomic E-state index is 8.89. The van der Waals surface area contributed by atoms with E-state index in [-0.39, 0.29) is 12.5 Å². The molecule has 4 nitrogen and oxygen atoms in total. The van der Waals surface area contributed by atoms with Gasteiger partial charge in [0.1, 0.15) is 0 Å². The molecule has 0 heterocycles. The maximum absolute atomic E-state index is 8.89. The smallest absolute Gasteiger partial charge is 0.0670 e. The van der Waals surface area contributed by atoms with Crippen LogP contribution in [0.4, 0.5) is 11.4 Å². The van der Waals surface area contributed by atoms with Crippen LogP contribution in [-0.2, 0) is 6.42 Å². The second-order valence-corrected chi connectivity index (χ2v) is 3.92. The molecule has 0 aliphatic heterocycles. The number of nitrogens with two attached hydrogens (primary N) is 1. The summed E-state index contributed by atoms with van der Waals surface area (Å²) in [5.41, 5.74) is 8.15. The summed E-state index contributed by atoms with van der Waals surface area (Å²) in [6, 6.07) is 7.62. The highest BCUT2D eigenvalue weighted by molar-refractivity contribution is 5.58. The van der Waals surface area contributed by atoms with Gasteiger partial charge in [0.2, 0.25) is 0 Å². The van der Waals surface area contributed by atoms with Gasteiger partial charge >= 0.3 is 0 Å². The van der Waals surface area contributed by atoms with E-state index in [4.69, 9.17) is 16.1 Å². The molecule has 1 aromatic carbocycles. The van der Waals surface area contributed by atoms with E-state index in [1.54, 1.807) is 6.07 Å². The first kappa shape index (κ1) is 12.3. The van der Waals surface area contributed by atoms with Crippen LogP contribution in [0.1, 0.15) is 12.5 Å². The first-order valence-corrected chi connectivity index (χ1v) is 5.27. The van der Waals surface area contributed by atoms with Gasteiger partial charge in [-0.15, -0.1) is 0 Å². The summed E-state index contributed by atoms with van der Waals surface area (Å²) in [5, 5.41) is 20.7. The molecule has 0 aromatic heterocycles. The maximum Gasteiger partial charge on any atom is 0.0670 e. The average molecular weight is 219 g/mol. The summed E-state index contributed by atoms with van der Waals surface area (Å²) in [5.74, 6) is 0.206. The second-order valence-electron chi connectivity index (χ2n) is 3.92. The molecular weight excluding hydrogens is 202 g/mol. The monoisotopic (exact) mass is 219 g/mol. The topological polar surface area (TPSA) is 82.1 Å². The number of nitrogens with one attached hydrogen (secondary N) is 1. The Balaban J connectivity index is 2.68. The Morgan fingerprint density at radius 2 is 2.31 bits per heavy atom. The van der Waals surface area contributed by atoms with Crippen LogP contribution < -0.4 is 11.1 Å². The lowest BCUT2D eigenvalue weighted by atomic mass is 10.1. The first-order chi connectivity index (χ1) is 7.67. The van der Waals surface area contributed by atoms with Crippen molar-refractivity contribution in [3.63, 3.8) is 0 Å². The lowest BCUT2D eigenvalue weighted by Gasteiger charge is -2.12. The molecule has 1 unspecified atom stereocenters. The van der Waals surface area contributed by atoms with E-state index in [0.717, 1.165) is 11.3 Å². The van der Waals surface area contributed by atoms with Crippen LogP contribution >= 0.6 is 0 Å².